The SMILES string of the molecule is CCOc1ccc(Br)cc1/C=N\NC(=O)[C@@H](CC(C)C)NS(=O)(=O)c1ccc(C)cc1. The van der Waals surface area contributed by atoms with E-state index in [0.717, 1.165) is 10.0 Å². The standard InChI is InChI=1S/C22H28BrN3O4S/c1-5-30-21-11-8-18(23)13-17(21)14-24-25-22(27)20(12-15(2)3)26-31(28,29)19-9-6-16(4)7-10-19/h6-11,13-15,20,26H,5,12H2,1-4H3,(H,25,27)/b24-14-/t20-/m1/s1. The van der Waals surface area contributed by atoms with Gasteiger partial charge in [0.2, 0.25) is 10.0 Å². The molecule has 0 saturated carbocycles. The van der Waals surface area contributed by atoms with E-state index >= 15 is 0 Å². The van der Waals surface area contributed by atoms with Gasteiger partial charge < -0.3 is 4.74 Å². The van der Waals surface area contributed by atoms with Gasteiger partial charge in [0.1, 0.15) is 11.8 Å². The summed E-state index contributed by atoms with van der Waals surface area (Å²) in [5, 5.41) is 4.01. The summed E-state index contributed by atoms with van der Waals surface area (Å²) in [6, 6.07) is 11.0. The Morgan fingerprint density at radius 1 is 1.19 bits per heavy atom. The number of amides is 1. The highest BCUT2D eigenvalue weighted by molar-refractivity contribution is 9.10. The number of hydrogen-bond donors (Lipinski definition) is 2. The van der Waals surface area contributed by atoms with Crippen molar-refractivity contribution in [2.45, 2.75) is 45.1 Å². The highest BCUT2D eigenvalue weighted by atomic mass is 79.9. The maximum Gasteiger partial charge on any atom is 0.258 e. The maximum atomic E-state index is 12.7. The van der Waals surface area contributed by atoms with Crippen LogP contribution in [-0.2, 0) is 14.8 Å². The first-order chi connectivity index (χ1) is 14.6. The van der Waals surface area contributed by atoms with Crippen molar-refractivity contribution in [2.24, 2.45) is 11.0 Å². The van der Waals surface area contributed by atoms with Crippen molar-refractivity contribution in [3.05, 3.63) is 58.1 Å². The number of benzene rings is 2. The lowest BCUT2D eigenvalue weighted by Gasteiger charge is -2.19. The first-order valence-corrected chi connectivity index (χ1v) is 12.2. The quantitative estimate of drug-likeness (QED) is 0.373. The number of carbonyl (C=O) groups excluding carboxylic acids is 1. The van der Waals surface area contributed by atoms with E-state index < -0.39 is 22.0 Å². The molecule has 2 aromatic carbocycles. The molecule has 168 valence electrons. The second kappa shape index (κ2) is 11.4. The number of nitrogens with one attached hydrogen (secondary N) is 2. The van der Waals surface area contributed by atoms with Gasteiger partial charge in [-0.15, -0.1) is 0 Å². The van der Waals surface area contributed by atoms with Crippen molar-refractivity contribution in [1.82, 2.24) is 10.1 Å². The van der Waals surface area contributed by atoms with Gasteiger partial charge in [-0.3, -0.25) is 4.79 Å². The average molecular weight is 510 g/mol. The van der Waals surface area contributed by atoms with Crippen LogP contribution in [-0.4, -0.2) is 33.2 Å². The van der Waals surface area contributed by atoms with E-state index in [-0.39, 0.29) is 10.8 Å². The molecule has 9 heteroatoms. The number of halogens is 1. The van der Waals surface area contributed by atoms with E-state index in [0.29, 0.717) is 24.3 Å². The second-order valence-electron chi connectivity index (χ2n) is 7.47. The molecule has 0 aromatic heterocycles. The maximum absolute atomic E-state index is 12.7. The largest absolute Gasteiger partial charge is 0.493 e. The third-order valence-corrected chi connectivity index (χ3v) is 6.28. The van der Waals surface area contributed by atoms with Gasteiger partial charge in [0.25, 0.3) is 5.91 Å². The Kier molecular flexibility index (Phi) is 9.21. The molecule has 1 amide bonds. The summed E-state index contributed by atoms with van der Waals surface area (Å²) in [5.74, 6) is 0.186. The van der Waals surface area contributed by atoms with Gasteiger partial charge in [0, 0.05) is 10.0 Å². The van der Waals surface area contributed by atoms with Gasteiger partial charge in [-0.1, -0.05) is 47.5 Å². The van der Waals surface area contributed by atoms with E-state index in [2.05, 4.69) is 31.2 Å². The Morgan fingerprint density at radius 3 is 2.48 bits per heavy atom. The molecule has 2 N–H and O–H groups in total. The van der Waals surface area contributed by atoms with Gasteiger partial charge in [-0.2, -0.15) is 9.82 Å². The number of sulfonamides is 1. The lowest BCUT2D eigenvalue weighted by molar-refractivity contribution is -0.123. The lowest BCUT2D eigenvalue weighted by atomic mass is 10.0. The number of carbonyl (C=O) groups is 1. The van der Waals surface area contributed by atoms with Crippen LogP contribution in [0.15, 0.2) is 56.9 Å². The zero-order valence-electron chi connectivity index (χ0n) is 18.1. The van der Waals surface area contributed by atoms with Crippen molar-refractivity contribution >= 4 is 38.1 Å². The molecule has 0 spiro atoms. The molecule has 7 nitrogen and oxygen atoms in total. The van der Waals surface area contributed by atoms with Gasteiger partial charge in [0.15, 0.2) is 0 Å². The monoisotopic (exact) mass is 509 g/mol. The number of hydrogen-bond acceptors (Lipinski definition) is 5. The molecule has 0 saturated heterocycles. The highest BCUT2D eigenvalue weighted by Crippen LogP contribution is 2.21. The first-order valence-electron chi connectivity index (χ1n) is 9.96. The van der Waals surface area contributed by atoms with Crippen LogP contribution < -0.4 is 14.9 Å². The third-order valence-electron chi connectivity index (χ3n) is 4.30. The summed E-state index contributed by atoms with van der Waals surface area (Å²) >= 11 is 3.40. The fraction of sp³-hybridized carbons (Fsp3) is 0.364. The Morgan fingerprint density at radius 2 is 1.87 bits per heavy atom. The van der Waals surface area contributed by atoms with Gasteiger partial charge in [-0.05, 0) is 56.5 Å². The van der Waals surface area contributed by atoms with Gasteiger partial charge >= 0.3 is 0 Å². The van der Waals surface area contributed by atoms with Crippen molar-refractivity contribution in [1.29, 1.82) is 0 Å². The molecule has 0 fully saturated rings. The van der Waals surface area contributed by atoms with Crippen molar-refractivity contribution in [3.8, 4) is 5.75 Å². The van der Waals surface area contributed by atoms with Gasteiger partial charge in [-0.25, -0.2) is 13.8 Å². The number of hydrazone groups is 1. The van der Waals surface area contributed by atoms with Crippen LogP contribution in [0.5, 0.6) is 5.75 Å². The number of rotatable bonds is 10. The van der Waals surface area contributed by atoms with Crippen LogP contribution >= 0.6 is 15.9 Å². The molecule has 0 aliphatic rings. The third kappa shape index (κ3) is 7.75. The molecule has 0 bridgehead atoms. The Bertz CT molecular complexity index is 1020. The number of nitrogens with zero attached hydrogens (tertiary/aromatic N) is 1. The second-order valence-corrected chi connectivity index (χ2v) is 10.1. The van der Waals surface area contributed by atoms with E-state index in [1.807, 2.05) is 39.8 Å². The Labute approximate surface area is 192 Å². The van der Waals surface area contributed by atoms with Crippen molar-refractivity contribution < 1.29 is 17.9 Å². The smallest absolute Gasteiger partial charge is 0.258 e. The predicted octanol–water partition coefficient (Wildman–Crippen LogP) is 4.00. The minimum atomic E-state index is -3.85. The van der Waals surface area contributed by atoms with Crippen LogP contribution in [0.25, 0.3) is 0 Å². The molecule has 0 unspecified atom stereocenters. The average Bonchev–Trinajstić information content (AvgIpc) is 2.69. The minimum Gasteiger partial charge on any atom is -0.493 e. The van der Waals surface area contributed by atoms with E-state index in [1.54, 1.807) is 18.2 Å². The zero-order chi connectivity index (χ0) is 23.0. The molecule has 0 heterocycles. The molecule has 0 aliphatic heterocycles. The molecule has 2 aromatic rings. The Balaban J connectivity index is 2.16. The van der Waals surface area contributed by atoms with Crippen molar-refractivity contribution in [2.75, 3.05) is 6.61 Å². The van der Waals surface area contributed by atoms with Gasteiger partial charge in [0.05, 0.1) is 17.7 Å². The molecular formula is C22H28BrN3O4S. The summed E-state index contributed by atoms with van der Waals surface area (Å²) in [6.07, 6.45) is 1.79. The molecule has 2 rings (SSSR count). The summed E-state index contributed by atoms with van der Waals surface area (Å²) in [4.78, 5) is 12.8. The summed E-state index contributed by atoms with van der Waals surface area (Å²) < 4.78 is 34.4. The van der Waals surface area contributed by atoms with Crippen LogP contribution in [0.3, 0.4) is 0 Å². The number of aryl methyl sites for hydroxylation is 1. The highest BCUT2D eigenvalue weighted by Gasteiger charge is 2.26. The molecule has 0 radical (unpaired) electrons. The Hall–Kier alpha value is -2.23. The summed E-state index contributed by atoms with van der Waals surface area (Å²) in [7, 11) is -3.85. The van der Waals surface area contributed by atoms with E-state index in [9.17, 15) is 13.2 Å². The van der Waals surface area contributed by atoms with Crippen LogP contribution in [0, 0.1) is 12.8 Å². The summed E-state index contributed by atoms with van der Waals surface area (Å²) in [6.45, 7) is 8.08. The minimum absolute atomic E-state index is 0.0927. The zero-order valence-corrected chi connectivity index (χ0v) is 20.5. The topological polar surface area (TPSA) is 96.9 Å². The first kappa shape index (κ1) is 25.0. The predicted molar refractivity (Wildman–Crippen MR) is 126 cm³/mol. The molecule has 31 heavy (non-hydrogen) atoms. The number of ether oxygens (including phenoxy) is 1. The van der Waals surface area contributed by atoms with Crippen molar-refractivity contribution in [3.63, 3.8) is 0 Å². The summed E-state index contributed by atoms with van der Waals surface area (Å²) in [5.41, 5.74) is 4.07. The molecular weight excluding hydrogens is 482 g/mol. The fourth-order valence-corrected chi connectivity index (χ4v) is 4.39. The molecule has 1 atom stereocenters. The molecule has 0 aliphatic carbocycles. The fourth-order valence-electron chi connectivity index (χ4n) is 2.80. The van der Waals surface area contributed by atoms with E-state index in [1.165, 1.54) is 18.3 Å². The van der Waals surface area contributed by atoms with Crippen LogP contribution in [0.1, 0.15) is 38.3 Å². The van der Waals surface area contributed by atoms with Crippen LogP contribution in [0.4, 0.5) is 0 Å². The normalized spacial score (nSPS) is 12.8. The lowest BCUT2D eigenvalue weighted by Crippen LogP contribution is -2.46. The van der Waals surface area contributed by atoms with Crippen LogP contribution in [0.2, 0.25) is 0 Å². The van der Waals surface area contributed by atoms with E-state index in [4.69, 9.17) is 4.74 Å².